The van der Waals surface area contributed by atoms with Crippen LogP contribution < -0.4 is 10.1 Å². The Morgan fingerprint density at radius 2 is 1.66 bits per heavy atom. The van der Waals surface area contributed by atoms with E-state index in [1.54, 1.807) is 80.5 Å². The molecule has 0 saturated carbocycles. The van der Waals surface area contributed by atoms with Gasteiger partial charge in [-0.25, -0.2) is 4.31 Å². The maximum atomic E-state index is 13.0. The van der Waals surface area contributed by atoms with Gasteiger partial charge in [-0.3, -0.25) is 14.6 Å². The number of amides is 1. The van der Waals surface area contributed by atoms with Gasteiger partial charge in [0, 0.05) is 52.6 Å². The predicted molar refractivity (Wildman–Crippen MR) is 139 cm³/mol. The third kappa shape index (κ3) is 6.84. The standard InChI is InChI=1S/C27H28ClN3O3S/c1-27(2,26(33)30-22-13-16-31(17-14-22)35-24-4-3-15-29-18-24)34-23-11-7-20(8-12-23)25(32)19-5-9-21(28)10-6-19/h3-12,15,18,22H,13-14,16-17H2,1-2H3,(H,30,33). The molecule has 1 saturated heterocycles. The molecule has 6 nitrogen and oxygen atoms in total. The summed E-state index contributed by atoms with van der Waals surface area (Å²) in [6.45, 7) is 5.27. The number of hydrogen-bond acceptors (Lipinski definition) is 6. The van der Waals surface area contributed by atoms with Gasteiger partial charge < -0.3 is 10.1 Å². The van der Waals surface area contributed by atoms with Crippen molar-refractivity contribution in [1.82, 2.24) is 14.6 Å². The van der Waals surface area contributed by atoms with E-state index in [1.807, 2.05) is 18.3 Å². The first-order valence-corrected chi connectivity index (χ1v) is 12.7. The average Bonchev–Trinajstić information content (AvgIpc) is 2.86. The summed E-state index contributed by atoms with van der Waals surface area (Å²) in [5, 5.41) is 3.73. The topological polar surface area (TPSA) is 71.5 Å². The van der Waals surface area contributed by atoms with Crippen LogP contribution in [0.5, 0.6) is 5.75 Å². The van der Waals surface area contributed by atoms with Gasteiger partial charge in [-0.2, -0.15) is 0 Å². The predicted octanol–water partition coefficient (Wildman–Crippen LogP) is 5.41. The molecule has 1 N–H and O–H groups in total. The molecule has 1 aliphatic rings. The number of ketones is 1. The molecule has 3 aromatic rings. The van der Waals surface area contributed by atoms with Crippen LogP contribution in [-0.2, 0) is 4.79 Å². The van der Waals surface area contributed by atoms with E-state index >= 15 is 0 Å². The van der Waals surface area contributed by atoms with E-state index in [9.17, 15) is 9.59 Å². The van der Waals surface area contributed by atoms with Crippen LogP contribution in [0.15, 0.2) is 78.0 Å². The van der Waals surface area contributed by atoms with Crippen molar-refractivity contribution in [2.75, 3.05) is 13.1 Å². The summed E-state index contributed by atoms with van der Waals surface area (Å²) in [5.41, 5.74) is 0.0500. The SMILES string of the molecule is CC(C)(Oc1ccc(C(=O)c2ccc(Cl)cc2)cc1)C(=O)NC1CCN(Sc2cccnc2)CC1. The number of pyridine rings is 1. The first kappa shape index (κ1) is 25.2. The average molecular weight is 510 g/mol. The van der Waals surface area contributed by atoms with Crippen LogP contribution in [0.4, 0.5) is 0 Å². The van der Waals surface area contributed by atoms with Gasteiger partial charge in [-0.1, -0.05) is 11.6 Å². The molecular weight excluding hydrogens is 482 g/mol. The van der Waals surface area contributed by atoms with E-state index in [1.165, 1.54) is 0 Å². The third-order valence-corrected chi connectivity index (χ3v) is 7.13. The van der Waals surface area contributed by atoms with E-state index in [-0.39, 0.29) is 17.7 Å². The first-order valence-electron chi connectivity index (χ1n) is 11.5. The normalized spacial score (nSPS) is 14.9. The zero-order valence-corrected chi connectivity index (χ0v) is 21.3. The molecule has 0 atom stereocenters. The Balaban J connectivity index is 1.28. The molecule has 4 rings (SSSR count). The van der Waals surface area contributed by atoms with Crippen LogP contribution in [0.2, 0.25) is 5.02 Å². The lowest BCUT2D eigenvalue weighted by Gasteiger charge is -2.33. The van der Waals surface area contributed by atoms with E-state index in [0.717, 1.165) is 30.8 Å². The molecular formula is C27H28ClN3O3S. The van der Waals surface area contributed by atoms with Crippen LogP contribution in [0.3, 0.4) is 0 Å². The highest BCUT2D eigenvalue weighted by molar-refractivity contribution is 7.97. The fourth-order valence-corrected chi connectivity index (χ4v) is 4.85. The van der Waals surface area contributed by atoms with Crippen molar-refractivity contribution in [1.29, 1.82) is 0 Å². The number of halogens is 1. The van der Waals surface area contributed by atoms with Crippen LogP contribution in [0.25, 0.3) is 0 Å². The first-order chi connectivity index (χ1) is 16.8. The monoisotopic (exact) mass is 509 g/mol. The van der Waals surface area contributed by atoms with E-state index in [4.69, 9.17) is 16.3 Å². The van der Waals surface area contributed by atoms with Crippen molar-refractivity contribution in [3.63, 3.8) is 0 Å². The number of nitrogens with zero attached hydrogens (tertiary/aromatic N) is 2. The molecule has 0 unspecified atom stereocenters. The highest BCUT2D eigenvalue weighted by Gasteiger charge is 2.32. The Kier molecular flexibility index (Phi) is 8.11. The molecule has 0 spiro atoms. The zero-order chi connectivity index (χ0) is 24.8. The van der Waals surface area contributed by atoms with Crippen molar-refractivity contribution in [3.05, 3.63) is 89.2 Å². The van der Waals surface area contributed by atoms with E-state index < -0.39 is 5.60 Å². The Hall–Kier alpha value is -2.87. The summed E-state index contributed by atoms with van der Waals surface area (Å²) in [4.78, 5) is 30.9. The minimum absolute atomic E-state index is 0.0988. The van der Waals surface area contributed by atoms with Gasteiger partial charge in [0.2, 0.25) is 0 Å². The number of nitrogens with one attached hydrogen (secondary N) is 1. The number of ether oxygens (including phenoxy) is 1. The molecule has 0 bridgehead atoms. The molecule has 0 aliphatic carbocycles. The number of benzene rings is 2. The maximum absolute atomic E-state index is 13.0. The Labute approximate surface area is 215 Å². The van der Waals surface area contributed by atoms with Crippen molar-refractivity contribution in [3.8, 4) is 5.75 Å². The molecule has 8 heteroatoms. The number of carbonyl (C=O) groups is 2. The van der Waals surface area contributed by atoms with Gasteiger partial charge in [0.15, 0.2) is 11.4 Å². The fourth-order valence-electron chi connectivity index (χ4n) is 3.78. The number of aromatic nitrogens is 1. The van der Waals surface area contributed by atoms with Crippen molar-refractivity contribution < 1.29 is 14.3 Å². The Morgan fingerprint density at radius 3 is 2.26 bits per heavy atom. The molecule has 182 valence electrons. The van der Waals surface area contributed by atoms with Gasteiger partial charge in [0.1, 0.15) is 5.75 Å². The minimum atomic E-state index is -1.05. The summed E-state index contributed by atoms with van der Waals surface area (Å²) in [6, 6.07) is 17.7. The van der Waals surface area contributed by atoms with E-state index in [0.29, 0.717) is 21.9 Å². The summed E-state index contributed by atoms with van der Waals surface area (Å²) in [6.07, 6.45) is 5.37. The summed E-state index contributed by atoms with van der Waals surface area (Å²) >= 11 is 7.60. The Morgan fingerprint density at radius 1 is 1.03 bits per heavy atom. The third-order valence-electron chi connectivity index (χ3n) is 5.80. The zero-order valence-electron chi connectivity index (χ0n) is 19.7. The van der Waals surface area contributed by atoms with Crippen LogP contribution in [-0.4, -0.2) is 45.7 Å². The van der Waals surface area contributed by atoms with Crippen molar-refractivity contribution >= 4 is 35.2 Å². The quantitative estimate of drug-likeness (QED) is 0.323. The molecule has 1 aromatic heterocycles. The molecule has 2 aromatic carbocycles. The largest absolute Gasteiger partial charge is 0.478 e. The molecule has 1 fully saturated rings. The second-order valence-electron chi connectivity index (χ2n) is 8.93. The molecule has 0 radical (unpaired) electrons. The van der Waals surface area contributed by atoms with Crippen molar-refractivity contribution in [2.24, 2.45) is 0 Å². The van der Waals surface area contributed by atoms with Gasteiger partial charge in [-0.15, -0.1) is 0 Å². The van der Waals surface area contributed by atoms with Gasteiger partial charge in [0.05, 0.1) is 0 Å². The lowest BCUT2D eigenvalue weighted by Crippen LogP contribution is -2.52. The fraction of sp³-hybridized carbons (Fsp3) is 0.296. The summed E-state index contributed by atoms with van der Waals surface area (Å²) < 4.78 is 8.30. The van der Waals surface area contributed by atoms with Crippen LogP contribution >= 0.6 is 23.5 Å². The van der Waals surface area contributed by atoms with Crippen LogP contribution in [0.1, 0.15) is 42.6 Å². The second-order valence-corrected chi connectivity index (χ2v) is 10.5. The smallest absolute Gasteiger partial charge is 0.263 e. The summed E-state index contributed by atoms with van der Waals surface area (Å²) in [5.74, 6) is 0.274. The molecule has 1 aliphatic heterocycles. The molecule has 1 amide bonds. The van der Waals surface area contributed by atoms with Gasteiger partial charge >= 0.3 is 0 Å². The number of rotatable bonds is 8. The van der Waals surface area contributed by atoms with Crippen molar-refractivity contribution in [2.45, 2.75) is 43.2 Å². The maximum Gasteiger partial charge on any atom is 0.263 e. The highest BCUT2D eigenvalue weighted by Crippen LogP contribution is 2.26. The lowest BCUT2D eigenvalue weighted by molar-refractivity contribution is -0.135. The molecule has 2 heterocycles. The lowest BCUT2D eigenvalue weighted by atomic mass is 10.0. The van der Waals surface area contributed by atoms with Gasteiger partial charge in [0.25, 0.3) is 5.91 Å². The van der Waals surface area contributed by atoms with Gasteiger partial charge in [-0.05, 0) is 99.3 Å². The molecule has 35 heavy (non-hydrogen) atoms. The Bertz CT molecular complexity index is 1150. The van der Waals surface area contributed by atoms with Crippen LogP contribution in [0, 0.1) is 0 Å². The second kappa shape index (κ2) is 11.2. The van der Waals surface area contributed by atoms with E-state index in [2.05, 4.69) is 14.6 Å². The summed E-state index contributed by atoms with van der Waals surface area (Å²) in [7, 11) is 0. The number of carbonyl (C=O) groups excluding carboxylic acids is 2. The number of hydrogen-bond donors (Lipinski definition) is 1. The number of piperidine rings is 1. The minimum Gasteiger partial charge on any atom is -0.478 e. The highest BCUT2D eigenvalue weighted by atomic mass is 35.5.